The lowest BCUT2D eigenvalue weighted by molar-refractivity contribution is 0.483. The number of aromatic nitrogens is 1. The molecule has 2 rings (SSSR count). The zero-order chi connectivity index (χ0) is 10.3. The summed E-state index contributed by atoms with van der Waals surface area (Å²) in [7, 11) is 0. The lowest BCUT2D eigenvalue weighted by Gasteiger charge is -2.07. The van der Waals surface area contributed by atoms with Crippen molar-refractivity contribution in [2.24, 2.45) is 0 Å². The van der Waals surface area contributed by atoms with Crippen LogP contribution in [0.15, 0.2) is 18.2 Å². The Morgan fingerprint density at radius 2 is 1.93 bits per heavy atom. The molecule has 0 saturated heterocycles. The summed E-state index contributed by atoms with van der Waals surface area (Å²) in [5.74, 6) is -0.00194. The molecule has 0 unspecified atom stereocenters. The summed E-state index contributed by atoms with van der Waals surface area (Å²) >= 11 is 0. The van der Waals surface area contributed by atoms with E-state index in [1.165, 1.54) is 6.07 Å². The molecule has 0 radical (unpaired) electrons. The zero-order valence-corrected chi connectivity index (χ0v) is 7.78. The molecule has 0 aliphatic carbocycles. The molecule has 0 aliphatic heterocycles. The van der Waals surface area contributed by atoms with Crippen LogP contribution in [0.1, 0.15) is 5.69 Å². The molecule has 14 heavy (non-hydrogen) atoms. The average Bonchev–Trinajstić information content (AvgIpc) is 2.14. The predicted octanol–water partition coefficient (Wildman–Crippen LogP) is 1.41. The van der Waals surface area contributed by atoms with Crippen molar-refractivity contribution in [1.82, 2.24) is 4.98 Å². The average molecular weight is 189 g/mol. The van der Waals surface area contributed by atoms with E-state index in [0.717, 1.165) is 11.1 Å². The molecule has 5 N–H and O–H groups in total. The fourth-order valence-electron chi connectivity index (χ4n) is 1.42. The maximum absolute atomic E-state index is 9.66. The Morgan fingerprint density at radius 1 is 1.21 bits per heavy atom. The maximum atomic E-state index is 9.66. The number of phenols is 1. The summed E-state index contributed by atoms with van der Waals surface area (Å²) in [4.78, 5) is 4.19. The van der Waals surface area contributed by atoms with E-state index in [0.29, 0.717) is 11.2 Å². The third-order valence-corrected chi connectivity index (χ3v) is 2.15. The Hall–Kier alpha value is -1.97. The highest BCUT2D eigenvalue weighted by atomic mass is 16.3. The monoisotopic (exact) mass is 189 g/mol. The Morgan fingerprint density at radius 3 is 2.64 bits per heavy atom. The van der Waals surface area contributed by atoms with Crippen LogP contribution >= 0.6 is 0 Å². The molecule has 0 spiro atoms. The van der Waals surface area contributed by atoms with Crippen LogP contribution in [-0.4, -0.2) is 10.1 Å². The number of nitrogens with zero attached hydrogens (tertiary/aromatic N) is 1. The highest BCUT2D eigenvalue weighted by molar-refractivity contribution is 5.98. The number of fused-ring (bicyclic) bond motifs is 1. The summed E-state index contributed by atoms with van der Waals surface area (Å²) in [6.07, 6.45) is 0. The third-order valence-electron chi connectivity index (χ3n) is 2.15. The van der Waals surface area contributed by atoms with Crippen molar-refractivity contribution in [3.63, 3.8) is 0 Å². The molecule has 0 amide bonds. The van der Waals surface area contributed by atoms with E-state index in [1.54, 1.807) is 0 Å². The van der Waals surface area contributed by atoms with Gasteiger partial charge in [-0.2, -0.15) is 0 Å². The Kier molecular flexibility index (Phi) is 1.70. The van der Waals surface area contributed by atoms with E-state index in [9.17, 15) is 5.11 Å². The van der Waals surface area contributed by atoms with Crippen molar-refractivity contribution in [2.75, 3.05) is 11.5 Å². The molecule has 1 heterocycles. The topological polar surface area (TPSA) is 85.2 Å². The number of hydrogen-bond acceptors (Lipinski definition) is 4. The van der Waals surface area contributed by atoms with Crippen molar-refractivity contribution in [2.45, 2.75) is 6.92 Å². The summed E-state index contributed by atoms with van der Waals surface area (Å²) in [5, 5.41) is 10.4. The van der Waals surface area contributed by atoms with Gasteiger partial charge in [0.25, 0.3) is 0 Å². The first-order chi connectivity index (χ1) is 6.59. The van der Waals surface area contributed by atoms with Crippen molar-refractivity contribution in [3.05, 3.63) is 23.9 Å². The van der Waals surface area contributed by atoms with Crippen LogP contribution in [0.25, 0.3) is 10.9 Å². The van der Waals surface area contributed by atoms with Crippen molar-refractivity contribution in [3.8, 4) is 5.75 Å². The van der Waals surface area contributed by atoms with Gasteiger partial charge in [-0.25, -0.2) is 4.98 Å². The molecule has 4 nitrogen and oxygen atoms in total. The third kappa shape index (κ3) is 1.12. The Bertz CT molecular complexity index is 508. The second-order valence-corrected chi connectivity index (χ2v) is 3.25. The van der Waals surface area contributed by atoms with E-state index in [1.807, 2.05) is 19.1 Å². The molecular weight excluding hydrogens is 178 g/mol. The molecule has 0 fully saturated rings. The van der Waals surface area contributed by atoms with Gasteiger partial charge < -0.3 is 16.6 Å². The minimum absolute atomic E-state index is 0.00194. The van der Waals surface area contributed by atoms with E-state index >= 15 is 0 Å². The second-order valence-electron chi connectivity index (χ2n) is 3.25. The van der Waals surface area contributed by atoms with E-state index in [-0.39, 0.29) is 11.4 Å². The van der Waals surface area contributed by atoms with Crippen molar-refractivity contribution < 1.29 is 5.11 Å². The summed E-state index contributed by atoms with van der Waals surface area (Å²) in [5.41, 5.74) is 13.4. The quantitative estimate of drug-likeness (QED) is 0.332. The normalized spacial score (nSPS) is 10.6. The van der Waals surface area contributed by atoms with Gasteiger partial charge >= 0.3 is 0 Å². The Labute approximate surface area is 81.2 Å². The first-order valence-electron chi connectivity index (χ1n) is 4.24. The number of benzene rings is 1. The van der Waals surface area contributed by atoms with Gasteiger partial charge in [-0.05, 0) is 25.1 Å². The number of phenolic OH excluding ortho intramolecular Hbond substituents is 1. The van der Waals surface area contributed by atoms with Crippen LogP contribution in [0, 0.1) is 6.92 Å². The van der Waals surface area contributed by atoms with Crippen LogP contribution in [-0.2, 0) is 0 Å². The zero-order valence-electron chi connectivity index (χ0n) is 7.78. The first kappa shape index (κ1) is 8.62. The molecule has 0 aliphatic rings. The largest absolute Gasteiger partial charge is 0.504 e. The summed E-state index contributed by atoms with van der Waals surface area (Å²) < 4.78 is 0. The first-order valence-corrected chi connectivity index (χ1v) is 4.24. The minimum Gasteiger partial charge on any atom is -0.504 e. The lowest BCUT2D eigenvalue weighted by atomic mass is 10.1. The lowest BCUT2D eigenvalue weighted by Crippen LogP contribution is -1.95. The molecule has 4 heteroatoms. The van der Waals surface area contributed by atoms with Crippen molar-refractivity contribution in [1.29, 1.82) is 0 Å². The smallest absolute Gasteiger partial charge is 0.165 e. The number of aryl methyl sites for hydroxylation is 1. The molecule has 72 valence electrons. The van der Waals surface area contributed by atoms with E-state index in [2.05, 4.69) is 4.98 Å². The van der Waals surface area contributed by atoms with Crippen LogP contribution in [0.4, 0.5) is 11.4 Å². The highest BCUT2D eigenvalue weighted by Gasteiger charge is 2.08. The van der Waals surface area contributed by atoms with Gasteiger partial charge in [-0.1, -0.05) is 0 Å². The number of rotatable bonds is 0. The number of hydrogen-bond donors (Lipinski definition) is 3. The number of nitrogens with two attached hydrogens (primary N) is 2. The summed E-state index contributed by atoms with van der Waals surface area (Å²) in [6.45, 7) is 1.85. The molecule has 0 bridgehead atoms. The van der Waals surface area contributed by atoms with Gasteiger partial charge in [0.2, 0.25) is 0 Å². The molecular formula is C10H11N3O. The van der Waals surface area contributed by atoms with Gasteiger partial charge in [-0.15, -0.1) is 0 Å². The number of pyridine rings is 1. The van der Waals surface area contributed by atoms with Gasteiger partial charge in [0.15, 0.2) is 5.75 Å². The standard InChI is InChI=1S/C10H11N3O/c1-5-2-3-6-7(11)4-8(12)10(14)9(6)13-5/h2-4,14H,11-12H2,1H3. The van der Waals surface area contributed by atoms with E-state index in [4.69, 9.17) is 11.5 Å². The molecule has 0 atom stereocenters. The Balaban J connectivity index is 2.95. The second kappa shape index (κ2) is 2.77. The predicted molar refractivity (Wildman–Crippen MR) is 57.0 cm³/mol. The molecule has 1 aromatic heterocycles. The van der Waals surface area contributed by atoms with E-state index < -0.39 is 0 Å². The van der Waals surface area contributed by atoms with Crippen LogP contribution in [0.5, 0.6) is 5.75 Å². The fraction of sp³-hybridized carbons (Fsp3) is 0.100. The SMILES string of the molecule is Cc1ccc2c(N)cc(N)c(O)c2n1. The van der Waals surface area contributed by atoms with Gasteiger partial charge in [0.05, 0.1) is 5.69 Å². The van der Waals surface area contributed by atoms with Crippen molar-refractivity contribution >= 4 is 22.3 Å². The summed E-state index contributed by atoms with van der Waals surface area (Å²) in [6, 6.07) is 5.20. The van der Waals surface area contributed by atoms with Crippen LogP contribution in [0.2, 0.25) is 0 Å². The number of aromatic hydroxyl groups is 1. The number of anilines is 2. The van der Waals surface area contributed by atoms with Gasteiger partial charge in [-0.3, -0.25) is 0 Å². The number of nitrogen functional groups attached to an aromatic ring is 2. The molecule has 2 aromatic rings. The van der Waals surface area contributed by atoms with Gasteiger partial charge in [0, 0.05) is 16.8 Å². The maximum Gasteiger partial charge on any atom is 0.165 e. The van der Waals surface area contributed by atoms with Crippen LogP contribution in [0.3, 0.4) is 0 Å². The molecule has 1 aromatic carbocycles. The minimum atomic E-state index is -0.00194. The van der Waals surface area contributed by atoms with Crippen LogP contribution < -0.4 is 11.5 Å². The fourth-order valence-corrected chi connectivity index (χ4v) is 1.42. The van der Waals surface area contributed by atoms with Gasteiger partial charge in [0.1, 0.15) is 5.52 Å². The highest BCUT2D eigenvalue weighted by Crippen LogP contribution is 2.33. The molecule has 0 saturated carbocycles.